The lowest BCUT2D eigenvalue weighted by Gasteiger charge is -2.39. The number of carboxylic acids is 1. The van der Waals surface area contributed by atoms with Crippen LogP contribution in [0.25, 0.3) is 0 Å². The van der Waals surface area contributed by atoms with E-state index in [0.29, 0.717) is 6.42 Å². The number of carboxylic acid groups (broad SMARTS) is 1. The van der Waals surface area contributed by atoms with Gasteiger partial charge in [0.25, 0.3) is 0 Å². The van der Waals surface area contributed by atoms with Gasteiger partial charge < -0.3 is 10.8 Å². The second kappa shape index (κ2) is 7.69. The van der Waals surface area contributed by atoms with Crippen LogP contribution >= 0.6 is 38.9 Å². The predicted octanol–water partition coefficient (Wildman–Crippen LogP) is 5.10. The van der Waals surface area contributed by atoms with E-state index in [2.05, 4.69) is 42.0 Å². The average Bonchev–Trinajstić information content (AvgIpc) is 3.08. The highest BCUT2D eigenvalue weighted by molar-refractivity contribution is 9.10. The Hall–Kier alpha value is -0.990. The molecule has 0 radical (unpaired) electrons. The topological polar surface area (TPSA) is 75.3 Å². The van der Waals surface area contributed by atoms with Crippen molar-refractivity contribution in [2.75, 3.05) is 0 Å². The molecule has 1 aliphatic heterocycles. The van der Waals surface area contributed by atoms with Crippen molar-refractivity contribution in [1.29, 1.82) is 0 Å². The van der Waals surface area contributed by atoms with Crippen molar-refractivity contribution >= 4 is 44.8 Å². The van der Waals surface area contributed by atoms with E-state index in [9.17, 15) is 9.90 Å². The molecule has 0 saturated carbocycles. The Morgan fingerprint density at radius 3 is 2.61 bits per heavy atom. The van der Waals surface area contributed by atoms with Crippen LogP contribution in [-0.2, 0) is 10.3 Å². The lowest BCUT2D eigenvalue weighted by molar-refractivity contribution is -0.139. The van der Waals surface area contributed by atoms with Gasteiger partial charge in [-0.2, -0.15) is 0 Å². The molecule has 0 aliphatic carbocycles. The molecule has 3 rings (SSSR count). The molecule has 152 valence electrons. The van der Waals surface area contributed by atoms with Gasteiger partial charge in [-0.05, 0) is 46.0 Å². The highest BCUT2D eigenvalue weighted by atomic mass is 79.9. The number of thiophene rings is 1. The van der Waals surface area contributed by atoms with Crippen LogP contribution in [0, 0.1) is 11.2 Å². The minimum absolute atomic E-state index is 0.140. The van der Waals surface area contributed by atoms with E-state index in [1.807, 2.05) is 11.4 Å². The summed E-state index contributed by atoms with van der Waals surface area (Å²) in [7, 11) is 0. The molecule has 0 amide bonds. The maximum absolute atomic E-state index is 15.0. The Kier molecular flexibility index (Phi) is 5.96. The summed E-state index contributed by atoms with van der Waals surface area (Å²) in [5.74, 6) is -2.16. The third-order valence-corrected chi connectivity index (χ3v) is 7.19. The summed E-state index contributed by atoms with van der Waals surface area (Å²) in [6, 6.07) is 4.90. The van der Waals surface area contributed by atoms with Gasteiger partial charge in [0.05, 0.1) is 5.54 Å². The minimum Gasteiger partial charge on any atom is -0.480 e. The molecule has 4 nitrogen and oxygen atoms in total. The Morgan fingerprint density at radius 1 is 1.43 bits per heavy atom. The SMILES string of the molecule is CC(C)(C)C[C@@H]1N[C@@H](C(=O)O)[C@H](c2cc(Br)cs2)[C@@]1(N)c1ccc(Cl)cc1F. The molecule has 2 heterocycles. The Morgan fingerprint density at radius 2 is 2.11 bits per heavy atom. The van der Waals surface area contributed by atoms with Gasteiger partial charge in [0.15, 0.2) is 0 Å². The number of nitrogens with one attached hydrogen (secondary N) is 1. The monoisotopic (exact) mass is 488 g/mol. The largest absolute Gasteiger partial charge is 0.480 e. The van der Waals surface area contributed by atoms with Gasteiger partial charge in [0.1, 0.15) is 11.9 Å². The average molecular weight is 490 g/mol. The number of nitrogens with two attached hydrogens (primary N) is 1. The van der Waals surface area contributed by atoms with Gasteiger partial charge in [0.2, 0.25) is 0 Å². The van der Waals surface area contributed by atoms with Crippen LogP contribution in [0.3, 0.4) is 0 Å². The van der Waals surface area contributed by atoms with Gasteiger partial charge in [-0.25, -0.2) is 4.39 Å². The number of carbonyl (C=O) groups is 1. The second-order valence-corrected chi connectivity index (χ2v) is 10.8. The normalized spacial score (nSPS) is 27.9. The molecule has 0 unspecified atom stereocenters. The van der Waals surface area contributed by atoms with E-state index in [0.717, 1.165) is 9.35 Å². The molecule has 4 atom stereocenters. The van der Waals surface area contributed by atoms with E-state index >= 15 is 4.39 Å². The number of rotatable bonds is 4. The van der Waals surface area contributed by atoms with E-state index < -0.39 is 35.3 Å². The first kappa shape index (κ1) is 21.7. The second-order valence-electron chi connectivity index (χ2n) is 8.50. The van der Waals surface area contributed by atoms with Crippen molar-refractivity contribution in [2.45, 2.75) is 50.7 Å². The fourth-order valence-electron chi connectivity index (χ4n) is 4.08. The Bertz CT molecular complexity index is 901. The van der Waals surface area contributed by atoms with E-state index in [1.165, 1.54) is 17.4 Å². The Balaban J connectivity index is 2.23. The molecule has 1 aliphatic rings. The predicted molar refractivity (Wildman–Crippen MR) is 114 cm³/mol. The quantitative estimate of drug-likeness (QED) is 0.558. The summed E-state index contributed by atoms with van der Waals surface area (Å²) >= 11 is 10.8. The first-order valence-corrected chi connectivity index (χ1v) is 11.0. The molecule has 1 aromatic heterocycles. The number of halogens is 3. The summed E-state index contributed by atoms with van der Waals surface area (Å²) in [5.41, 5.74) is 5.86. The molecular weight excluding hydrogens is 467 g/mol. The van der Waals surface area contributed by atoms with E-state index in [4.69, 9.17) is 17.3 Å². The summed E-state index contributed by atoms with van der Waals surface area (Å²) in [5, 5.41) is 15.3. The van der Waals surface area contributed by atoms with Crippen molar-refractivity contribution < 1.29 is 14.3 Å². The van der Waals surface area contributed by atoms with Gasteiger partial charge in [-0.1, -0.05) is 38.4 Å². The fraction of sp³-hybridized carbons (Fsp3) is 0.450. The van der Waals surface area contributed by atoms with Gasteiger partial charge in [0, 0.05) is 37.3 Å². The van der Waals surface area contributed by atoms with Crippen LogP contribution < -0.4 is 11.1 Å². The van der Waals surface area contributed by atoms with Crippen molar-refractivity contribution in [2.24, 2.45) is 11.1 Å². The van der Waals surface area contributed by atoms with Crippen LogP contribution in [0.15, 0.2) is 34.1 Å². The first-order chi connectivity index (χ1) is 12.9. The van der Waals surface area contributed by atoms with Gasteiger partial charge in [-0.3, -0.25) is 10.1 Å². The zero-order valence-corrected chi connectivity index (χ0v) is 19.0. The molecule has 2 aromatic rings. The zero-order chi connectivity index (χ0) is 20.9. The van der Waals surface area contributed by atoms with Crippen molar-refractivity contribution in [3.8, 4) is 0 Å². The van der Waals surface area contributed by atoms with Crippen LogP contribution in [0.4, 0.5) is 4.39 Å². The van der Waals surface area contributed by atoms with Crippen LogP contribution in [0.5, 0.6) is 0 Å². The first-order valence-electron chi connectivity index (χ1n) is 8.90. The summed E-state index contributed by atoms with van der Waals surface area (Å²) < 4.78 is 15.9. The van der Waals surface area contributed by atoms with Crippen molar-refractivity contribution in [3.05, 3.63) is 55.4 Å². The number of hydrogen-bond acceptors (Lipinski definition) is 4. The molecule has 0 bridgehead atoms. The van der Waals surface area contributed by atoms with Crippen LogP contribution in [0.1, 0.15) is 43.6 Å². The molecule has 1 saturated heterocycles. The van der Waals surface area contributed by atoms with Crippen LogP contribution in [0.2, 0.25) is 5.02 Å². The number of hydrogen-bond donors (Lipinski definition) is 3. The lowest BCUT2D eigenvalue weighted by atomic mass is 9.70. The zero-order valence-electron chi connectivity index (χ0n) is 15.8. The highest BCUT2D eigenvalue weighted by Gasteiger charge is 2.58. The number of aliphatic carboxylic acids is 1. The molecule has 4 N–H and O–H groups in total. The smallest absolute Gasteiger partial charge is 0.321 e. The van der Waals surface area contributed by atoms with Gasteiger partial charge >= 0.3 is 5.97 Å². The summed E-state index contributed by atoms with van der Waals surface area (Å²) in [6.07, 6.45) is 0.582. The highest BCUT2D eigenvalue weighted by Crippen LogP contribution is 2.50. The Labute approximate surface area is 181 Å². The standard InChI is InChI=1S/C20H23BrClFN2O2S/c1-19(2,3)8-15-20(24,12-5-4-11(22)7-13(12)23)16(17(25-15)18(26)27)14-6-10(21)9-28-14/h4-7,9,15-17,25H,8,24H2,1-3H3,(H,26,27)/t15-,16-,17+,20+/m0/s1. The molecule has 1 aromatic carbocycles. The summed E-state index contributed by atoms with van der Waals surface area (Å²) in [4.78, 5) is 12.9. The maximum Gasteiger partial charge on any atom is 0.321 e. The van der Waals surface area contributed by atoms with Crippen molar-refractivity contribution in [3.63, 3.8) is 0 Å². The summed E-state index contributed by atoms with van der Waals surface area (Å²) in [6.45, 7) is 6.16. The molecule has 1 fully saturated rings. The lowest BCUT2D eigenvalue weighted by Crippen LogP contribution is -2.52. The molecule has 28 heavy (non-hydrogen) atoms. The maximum atomic E-state index is 15.0. The van der Waals surface area contributed by atoms with Gasteiger partial charge in [-0.15, -0.1) is 11.3 Å². The molecule has 0 spiro atoms. The third kappa shape index (κ3) is 4.00. The van der Waals surface area contributed by atoms with E-state index in [1.54, 1.807) is 12.1 Å². The van der Waals surface area contributed by atoms with Crippen LogP contribution in [-0.4, -0.2) is 23.2 Å². The van der Waals surface area contributed by atoms with E-state index in [-0.39, 0.29) is 16.0 Å². The molecule has 8 heteroatoms. The molecular formula is C20H23BrClFN2O2S. The number of benzene rings is 1. The van der Waals surface area contributed by atoms with Crippen molar-refractivity contribution in [1.82, 2.24) is 5.32 Å². The third-order valence-electron chi connectivity index (χ3n) is 5.18. The fourth-order valence-corrected chi connectivity index (χ4v) is 5.91. The minimum atomic E-state index is -1.25.